The SMILES string of the molecule is CC.CC.CC.CC.CC.CC.CC.CC.CCN(CC)Cc1ccc2c(c1)-c1ccccc1C2(c1ccccc1)c1ccccc1.CCN(CC)Cc1cccc2c1-c1ccccc1C2(c1ccccc1)c1ccccc1. The van der Waals surface area contributed by atoms with E-state index < -0.39 is 0 Å². The Hall–Kier alpha value is -6.32. The molecule has 0 heterocycles. The van der Waals surface area contributed by atoms with E-state index in [1.54, 1.807) is 0 Å². The van der Waals surface area contributed by atoms with E-state index in [1.165, 1.54) is 77.9 Å². The van der Waals surface area contributed by atoms with Gasteiger partial charge in [-0.3, -0.25) is 9.80 Å². The van der Waals surface area contributed by atoms with Crippen molar-refractivity contribution in [2.75, 3.05) is 26.2 Å². The molecule has 10 rings (SSSR count). The summed E-state index contributed by atoms with van der Waals surface area (Å²) in [6.45, 7) is 47.2. The monoisotopic (exact) mass is 1050 g/mol. The Labute approximate surface area is 480 Å². The molecular formula is C76H106N2. The molecule has 8 aromatic carbocycles. The highest BCUT2D eigenvalue weighted by molar-refractivity contribution is 5.89. The van der Waals surface area contributed by atoms with Crippen molar-refractivity contribution in [1.82, 2.24) is 9.80 Å². The van der Waals surface area contributed by atoms with Crippen molar-refractivity contribution >= 4 is 0 Å². The van der Waals surface area contributed by atoms with E-state index in [4.69, 9.17) is 0 Å². The number of nitrogens with zero attached hydrogens (tertiary/aromatic N) is 2. The van der Waals surface area contributed by atoms with Crippen LogP contribution in [-0.2, 0) is 23.9 Å². The molecule has 0 unspecified atom stereocenters. The summed E-state index contributed by atoms with van der Waals surface area (Å²) in [4.78, 5) is 4.98. The van der Waals surface area contributed by atoms with Gasteiger partial charge in [-0.1, -0.05) is 339 Å². The summed E-state index contributed by atoms with van der Waals surface area (Å²) < 4.78 is 0. The lowest BCUT2D eigenvalue weighted by Crippen LogP contribution is -2.28. The van der Waals surface area contributed by atoms with Crippen molar-refractivity contribution in [3.8, 4) is 22.3 Å². The van der Waals surface area contributed by atoms with E-state index in [2.05, 4.69) is 244 Å². The van der Waals surface area contributed by atoms with E-state index in [0.717, 1.165) is 39.3 Å². The molecule has 0 radical (unpaired) electrons. The van der Waals surface area contributed by atoms with Crippen LogP contribution in [0.2, 0.25) is 0 Å². The summed E-state index contributed by atoms with van der Waals surface area (Å²) >= 11 is 0. The fourth-order valence-corrected chi connectivity index (χ4v) is 10.7. The predicted octanol–water partition coefficient (Wildman–Crippen LogP) is 22.0. The minimum Gasteiger partial charge on any atom is -0.300 e. The van der Waals surface area contributed by atoms with Gasteiger partial charge in [0.25, 0.3) is 0 Å². The third kappa shape index (κ3) is 15.3. The Morgan fingerprint density at radius 2 is 0.577 bits per heavy atom. The second-order valence-corrected chi connectivity index (χ2v) is 16.7. The lowest BCUT2D eigenvalue weighted by molar-refractivity contribution is 0.296. The molecule has 0 atom stereocenters. The molecule has 0 saturated heterocycles. The second-order valence-electron chi connectivity index (χ2n) is 16.7. The molecule has 0 aromatic heterocycles. The summed E-state index contributed by atoms with van der Waals surface area (Å²) in [6.07, 6.45) is 0. The van der Waals surface area contributed by atoms with Crippen molar-refractivity contribution < 1.29 is 0 Å². The number of hydrogen-bond acceptors (Lipinski definition) is 2. The van der Waals surface area contributed by atoms with Crippen molar-refractivity contribution in [3.63, 3.8) is 0 Å². The van der Waals surface area contributed by atoms with Crippen molar-refractivity contribution in [1.29, 1.82) is 0 Å². The molecule has 2 aliphatic rings. The fraction of sp³-hybridized carbons (Fsp3) is 0.368. The Morgan fingerprint density at radius 1 is 0.269 bits per heavy atom. The van der Waals surface area contributed by atoms with Crippen LogP contribution in [0.1, 0.15) is 194 Å². The van der Waals surface area contributed by atoms with Gasteiger partial charge in [0.2, 0.25) is 0 Å². The summed E-state index contributed by atoms with van der Waals surface area (Å²) in [5.74, 6) is 0. The van der Waals surface area contributed by atoms with Crippen LogP contribution in [0.4, 0.5) is 0 Å². The third-order valence-electron chi connectivity index (χ3n) is 13.7. The van der Waals surface area contributed by atoms with E-state index in [-0.39, 0.29) is 10.8 Å². The maximum atomic E-state index is 2.50. The predicted molar refractivity (Wildman–Crippen MR) is 352 cm³/mol. The number of fused-ring (bicyclic) bond motifs is 6. The van der Waals surface area contributed by atoms with E-state index in [0.29, 0.717) is 0 Å². The van der Waals surface area contributed by atoms with Crippen LogP contribution in [0.3, 0.4) is 0 Å². The standard InChI is InChI=1S/2C30H29N.8C2H6/c1-3-31(4-2)22-23-14-13-21-28-29(23)26-19-11-12-20-27(26)30(28,24-15-7-5-8-16-24)25-17-9-6-10-18-25;1-3-31(4-2)22-23-19-20-29-27(21-23)26-17-11-12-18-28(26)30(29,24-13-7-5-8-14-24)25-15-9-6-10-16-25;8*1-2/h2*5-21H,3-4,22H2,1-2H3;8*1-2H3. The van der Waals surface area contributed by atoms with E-state index >= 15 is 0 Å². The lowest BCUT2D eigenvalue weighted by Gasteiger charge is -2.34. The molecule has 0 fully saturated rings. The zero-order valence-electron chi connectivity index (χ0n) is 52.8. The van der Waals surface area contributed by atoms with Gasteiger partial charge in [0.1, 0.15) is 0 Å². The lowest BCUT2D eigenvalue weighted by atomic mass is 9.67. The van der Waals surface area contributed by atoms with Gasteiger partial charge < -0.3 is 0 Å². The van der Waals surface area contributed by atoms with E-state index in [9.17, 15) is 0 Å². The maximum absolute atomic E-state index is 2.50. The van der Waals surface area contributed by atoms with E-state index in [1.807, 2.05) is 111 Å². The first-order valence-corrected chi connectivity index (χ1v) is 30.7. The van der Waals surface area contributed by atoms with Gasteiger partial charge in [0.05, 0.1) is 10.8 Å². The number of rotatable bonds is 12. The van der Waals surface area contributed by atoms with Crippen molar-refractivity contribution in [3.05, 3.63) is 262 Å². The summed E-state index contributed by atoms with van der Waals surface area (Å²) in [6, 6.07) is 76.1. The molecule has 0 aliphatic heterocycles. The van der Waals surface area contributed by atoms with Gasteiger partial charge in [-0.2, -0.15) is 0 Å². The first-order chi connectivity index (χ1) is 38.6. The van der Waals surface area contributed by atoms with Gasteiger partial charge >= 0.3 is 0 Å². The molecule has 0 amide bonds. The minimum atomic E-state index is -0.298. The first-order valence-electron chi connectivity index (χ1n) is 30.7. The Morgan fingerprint density at radius 3 is 0.974 bits per heavy atom. The van der Waals surface area contributed by atoms with Gasteiger partial charge in [-0.15, -0.1) is 0 Å². The molecule has 0 spiro atoms. The van der Waals surface area contributed by atoms with Crippen molar-refractivity contribution in [2.24, 2.45) is 0 Å². The smallest absolute Gasteiger partial charge is 0.0713 e. The zero-order chi connectivity index (χ0) is 58.5. The summed E-state index contributed by atoms with van der Waals surface area (Å²) in [7, 11) is 0. The maximum Gasteiger partial charge on any atom is 0.0713 e. The average Bonchev–Trinajstić information content (AvgIpc) is 4.20. The highest BCUT2D eigenvalue weighted by Gasteiger charge is 2.47. The zero-order valence-corrected chi connectivity index (χ0v) is 52.8. The molecule has 420 valence electrons. The van der Waals surface area contributed by atoms with Gasteiger partial charge in [-0.25, -0.2) is 0 Å². The van der Waals surface area contributed by atoms with Crippen molar-refractivity contribution in [2.45, 2.75) is 162 Å². The summed E-state index contributed by atoms with van der Waals surface area (Å²) in [5.41, 5.74) is 18.6. The van der Waals surface area contributed by atoms with Crippen LogP contribution in [-0.4, -0.2) is 36.0 Å². The Balaban J connectivity index is 0.000000622. The van der Waals surface area contributed by atoms with Crippen LogP contribution in [0.15, 0.2) is 206 Å². The molecule has 0 bridgehead atoms. The van der Waals surface area contributed by atoms with Crippen LogP contribution in [0.5, 0.6) is 0 Å². The quantitative estimate of drug-likeness (QED) is 0.120. The summed E-state index contributed by atoms with van der Waals surface area (Å²) in [5, 5.41) is 0. The molecule has 78 heavy (non-hydrogen) atoms. The molecular weight excluding hydrogens is 941 g/mol. The normalized spacial score (nSPS) is 11.6. The van der Waals surface area contributed by atoms with Gasteiger partial charge in [0.15, 0.2) is 0 Å². The second kappa shape index (κ2) is 39.1. The number of benzene rings is 8. The van der Waals surface area contributed by atoms with Crippen LogP contribution >= 0.6 is 0 Å². The molecule has 0 N–H and O–H groups in total. The van der Waals surface area contributed by atoms with Crippen LogP contribution < -0.4 is 0 Å². The largest absolute Gasteiger partial charge is 0.300 e. The molecule has 2 nitrogen and oxygen atoms in total. The third-order valence-corrected chi connectivity index (χ3v) is 13.7. The van der Waals surface area contributed by atoms with Crippen LogP contribution in [0, 0.1) is 0 Å². The van der Waals surface area contributed by atoms with Gasteiger partial charge in [0, 0.05) is 13.1 Å². The molecule has 2 aliphatic carbocycles. The highest BCUT2D eigenvalue weighted by Crippen LogP contribution is 2.58. The number of hydrogen-bond donors (Lipinski definition) is 0. The Kier molecular flexibility index (Phi) is 34.9. The molecule has 8 aromatic rings. The molecule has 0 saturated carbocycles. The fourth-order valence-electron chi connectivity index (χ4n) is 10.7. The minimum absolute atomic E-state index is 0.290. The van der Waals surface area contributed by atoms with Crippen LogP contribution in [0.25, 0.3) is 22.3 Å². The first kappa shape index (κ1) is 69.7. The molecule has 2 heteroatoms. The highest BCUT2D eigenvalue weighted by atomic mass is 15.1. The van der Waals surface area contributed by atoms with Gasteiger partial charge in [-0.05, 0) is 110 Å². The average molecular weight is 1050 g/mol. The topological polar surface area (TPSA) is 6.48 Å². The Bertz CT molecular complexity index is 2650.